The van der Waals surface area contributed by atoms with Crippen LogP contribution < -0.4 is 10.1 Å². The van der Waals surface area contributed by atoms with Gasteiger partial charge in [-0.05, 0) is 18.2 Å². The van der Waals surface area contributed by atoms with Crippen LogP contribution in [0.1, 0.15) is 5.69 Å². The second-order valence-corrected chi connectivity index (χ2v) is 3.82. The Morgan fingerprint density at radius 3 is 2.84 bits per heavy atom. The number of nitro groups is 1. The largest absolute Gasteiger partial charge is 0.494 e. The van der Waals surface area contributed by atoms with Crippen LogP contribution in [0.25, 0.3) is 0 Å². The van der Waals surface area contributed by atoms with Gasteiger partial charge in [0, 0.05) is 12.3 Å². The molecule has 1 N–H and O–H groups in total. The zero-order valence-corrected chi connectivity index (χ0v) is 10.4. The number of non-ortho nitro benzene ring substituents is 1. The lowest BCUT2D eigenvalue weighted by Gasteiger charge is -2.10. The minimum Gasteiger partial charge on any atom is -0.494 e. The van der Waals surface area contributed by atoms with Gasteiger partial charge >= 0.3 is 0 Å². The summed E-state index contributed by atoms with van der Waals surface area (Å²) in [5.41, 5.74) is 1.57. The molecule has 0 unspecified atom stereocenters. The number of aromatic nitrogens is 1. The molecule has 98 valence electrons. The zero-order chi connectivity index (χ0) is 13.7. The summed E-state index contributed by atoms with van der Waals surface area (Å²) in [7, 11) is 1.48. The van der Waals surface area contributed by atoms with Gasteiger partial charge in [-0.2, -0.15) is 0 Å². The van der Waals surface area contributed by atoms with Gasteiger partial charge in [0.25, 0.3) is 5.69 Å². The summed E-state index contributed by atoms with van der Waals surface area (Å²) in [4.78, 5) is 14.4. The van der Waals surface area contributed by atoms with Crippen LogP contribution in [0.5, 0.6) is 5.75 Å². The summed E-state index contributed by atoms with van der Waals surface area (Å²) in [6, 6.07) is 10.1. The number of hydrogen-bond donors (Lipinski definition) is 1. The molecule has 6 nitrogen and oxygen atoms in total. The Hall–Kier alpha value is -2.63. The fourth-order valence-electron chi connectivity index (χ4n) is 1.63. The highest BCUT2D eigenvalue weighted by Gasteiger charge is 2.11. The molecule has 0 saturated heterocycles. The first-order chi connectivity index (χ1) is 9.20. The topological polar surface area (TPSA) is 77.3 Å². The molecular formula is C13H13N3O3. The highest BCUT2D eigenvalue weighted by atomic mass is 16.6. The van der Waals surface area contributed by atoms with Crippen LogP contribution >= 0.6 is 0 Å². The third-order valence-corrected chi connectivity index (χ3v) is 2.58. The van der Waals surface area contributed by atoms with E-state index in [0.29, 0.717) is 18.0 Å². The van der Waals surface area contributed by atoms with Gasteiger partial charge in [0.1, 0.15) is 5.75 Å². The number of nitrogens with zero attached hydrogens (tertiary/aromatic N) is 2. The molecule has 0 bridgehead atoms. The Labute approximate surface area is 110 Å². The minimum absolute atomic E-state index is 0.000219. The van der Waals surface area contributed by atoms with Crippen molar-refractivity contribution in [1.82, 2.24) is 4.98 Å². The van der Waals surface area contributed by atoms with Gasteiger partial charge < -0.3 is 10.1 Å². The summed E-state index contributed by atoms with van der Waals surface area (Å²) >= 11 is 0. The van der Waals surface area contributed by atoms with E-state index in [1.165, 1.54) is 19.2 Å². The molecule has 0 saturated carbocycles. The highest BCUT2D eigenvalue weighted by Crippen LogP contribution is 2.29. The van der Waals surface area contributed by atoms with E-state index in [1.807, 2.05) is 18.2 Å². The van der Waals surface area contributed by atoms with E-state index in [4.69, 9.17) is 4.74 Å². The number of anilines is 1. The van der Waals surface area contributed by atoms with Crippen LogP contribution in [-0.4, -0.2) is 17.0 Å². The van der Waals surface area contributed by atoms with Crippen LogP contribution in [0.3, 0.4) is 0 Å². The lowest BCUT2D eigenvalue weighted by atomic mass is 10.2. The van der Waals surface area contributed by atoms with Crippen molar-refractivity contribution in [3.8, 4) is 5.75 Å². The SMILES string of the molecule is COc1cc([N+](=O)[O-])ccc1NCc1ccccn1. The van der Waals surface area contributed by atoms with Gasteiger partial charge in [-0.25, -0.2) is 0 Å². The van der Waals surface area contributed by atoms with E-state index in [1.54, 1.807) is 12.3 Å². The lowest BCUT2D eigenvalue weighted by molar-refractivity contribution is -0.384. The van der Waals surface area contributed by atoms with E-state index in [9.17, 15) is 10.1 Å². The summed E-state index contributed by atoms with van der Waals surface area (Å²) in [5.74, 6) is 0.435. The third kappa shape index (κ3) is 3.19. The predicted molar refractivity (Wildman–Crippen MR) is 71.2 cm³/mol. The standard InChI is InChI=1S/C13H13N3O3/c1-19-13-8-11(16(17)18)5-6-12(13)15-9-10-4-2-3-7-14-10/h2-8,15H,9H2,1H3. The number of nitrogens with one attached hydrogen (secondary N) is 1. The molecular weight excluding hydrogens is 246 g/mol. The minimum atomic E-state index is -0.453. The predicted octanol–water partition coefficient (Wildman–Crippen LogP) is 2.61. The van der Waals surface area contributed by atoms with Crippen molar-refractivity contribution in [2.45, 2.75) is 6.54 Å². The van der Waals surface area contributed by atoms with Gasteiger partial charge in [0.2, 0.25) is 0 Å². The number of hydrogen-bond acceptors (Lipinski definition) is 5. The number of methoxy groups -OCH3 is 1. The monoisotopic (exact) mass is 259 g/mol. The molecule has 0 spiro atoms. The molecule has 6 heteroatoms. The van der Waals surface area contributed by atoms with Gasteiger partial charge in [-0.15, -0.1) is 0 Å². The maximum absolute atomic E-state index is 10.7. The molecule has 19 heavy (non-hydrogen) atoms. The fraction of sp³-hybridized carbons (Fsp3) is 0.154. The Morgan fingerprint density at radius 2 is 2.21 bits per heavy atom. The molecule has 1 aromatic heterocycles. The van der Waals surface area contributed by atoms with Crippen LogP contribution in [0.2, 0.25) is 0 Å². The maximum atomic E-state index is 10.7. The maximum Gasteiger partial charge on any atom is 0.273 e. The molecule has 0 aliphatic carbocycles. The van der Waals surface area contributed by atoms with Gasteiger partial charge in [-0.1, -0.05) is 6.07 Å². The molecule has 0 aliphatic rings. The summed E-state index contributed by atoms with van der Waals surface area (Å²) in [6.45, 7) is 0.523. The van der Waals surface area contributed by atoms with Crippen LogP contribution in [0.15, 0.2) is 42.6 Å². The van der Waals surface area contributed by atoms with E-state index in [0.717, 1.165) is 5.69 Å². The Balaban J connectivity index is 2.14. The number of pyridine rings is 1. The van der Waals surface area contributed by atoms with Gasteiger partial charge in [-0.3, -0.25) is 15.1 Å². The first-order valence-electron chi connectivity index (χ1n) is 5.67. The Bertz CT molecular complexity index is 573. The average molecular weight is 259 g/mol. The molecule has 2 rings (SSSR count). The Morgan fingerprint density at radius 1 is 1.37 bits per heavy atom. The van der Waals surface area contributed by atoms with Gasteiger partial charge in [0.05, 0.1) is 36.0 Å². The van der Waals surface area contributed by atoms with Crippen molar-refractivity contribution in [1.29, 1.82) is 0 Å². The van der Waals surface area contributed by atoms with Crippen molar-refractivity contribution in [2.24, 2.45) is 0 Å². The number of benzene rings is 1. The van der Waals surface area contributed by atoms with Crippen molar-refractivity contribution in [3.05, 3.63) is 58.4 Å². The molecule has 2 aromatic rings. The first-order valence-corrected chi connectivity index (χ1v) is 5.67. The van der Waals surface area contributed by atoms with Crippen molar-refractivity contribution < 1.29 is 9.66 Å². The highest BCUT2D eigenvalue weighted by molar-refractivity contribution is 5.60. The number of nitro benzene ring substituents is 1. The Kier molecular flexibility index (Phi) is 3.92. The van der Waals surface area contributed by atoms with E-state index >= 15 is 0 Å². The van der Waals surface area contributed by atoms with Gasteiger partial charge in [0.15, 0.2) is 0 Å². The quantitative estimate of drug-likeness (QED) is 0.659. The summed E-state index contributed by atoms with van der Waals surface area (Å²) < 4.78 is 5.14. The van der Waals surface area contributed by atoms with E-state index in [2.05, 4.69) is 10.3 Å². The number of ether oxygens (including phenoxy) is 1. The third-order valence-electron chi connectivity index (χ3n) is 2.58. The zero-order valence-electron chi connectivity index (χ0n) is 10.4. The molecule has 1 heterocycles. The number of rotatable bonds is 5. The van der Waals surface area contributed by atoms with Crippen LogP contribution in [-0.2, 0) is 6.54 Å². The molecule has 0 aliphatic heterocycles. The molecule has 0 amide bonds. The first kappa shape index (κ1) is 12.8. The summed E-state index contributed by atoms with van der Waals surface area (Å²) in [6.07, 6.45) is 1.71. The van der Waals surface area contributed by atoms with E-state index in [-0.39, 0.29) is 5.69 Å². The van der Waals surface area contributed by atoms with Crippen LogP contribution in [0, 0.1) is 10.1 Å². The molecule has 0 atom stereocenters. The smallest absolute Gasteiger partial charge is 0.273 e. The second-order valence-electron chi connectivity index (χ2n) is 3.82. The fourth-order valence-corrected chi connectivity index (χ4v) is 1.63. The molecule has 0 radical (unpaired) electrons. The summed E-state index contributed by atoms with van der Waals surface area (Å²) in [5, 5.41) is 13.8. The molecule has 1 aromatic carbocycles. The van der Waals surface area contributed by atoms with E-state index < -0.39 is 4.92 Å². The van der Waals surface area contributed by atoms with Crippen molar-refractivity contribution >= 4 is 11.4 Å². The molecule has 0 fully saturated rings. The van der Waals surface area contributed by atoms with Crippen LogP contribution in [0.4, 0.5) is 11.4 Å². The normalized spacial score (nSPS) is 9.95. The van der Waals surface area contributed by atoms with Crippen molar-refractivity contribution in [3.63, 3.8) is 0 Å². The lowest BCUT2D eigenvalue weighted by Crippen LogP contribution is -2.03. The average Bonchev–Trinajstić information content (AvgIpc) is 2.45. The van der Waals surface area contributed by atoms with Crippen molar-refractivity contribution in [2.75, 3.05) is 12.4 Å². The second kappa shape index (κ2) is 5.81.